The SMILES string of the molecule is CCCCCCCCCCCC[N+]1(CCCCCC)CCCCCC1. The van der Waals surface area contributed by atoms with Crippen LogP contribution in [0, 0.1) is 0 Å². The van der Waals surface area contributed by atoms with Gasteiger partial charge in [0.2, 0.25) is 0 Å². The van der Waals surface area contributed by atoms with E-state index in [4.69, 9.17) is 0 Å². The van der Waals surface area contributed by atoms with Gasteiger partial charge in [0, 0.05) is 0 Å². The first kappa shape index (κ1) is 23.0. The maximum Gasteiger partial charge on any atom is 0.0786 e. The molecule has 0 atom stereocenters. The van der Waals surface area contributed by atoms with Crippen LogP contribution in [0.5, 0.6) is 0 Å². The van der Waals surface area contributed by atoms with Gasteiger partial charge in [-0.25, -0.2) is 0 Å². The second-order valence-corrected chi connectivity index (χ2v) is 8.89. The van der Waals surface area contributed by atoms with Gasteiger partial charge in [0.15, 0.2) is 0 Å². The molecule has 1 saturated heterocycles. The van der Waals surface area contributed by atoms with Gasteiger partial charge in [-0.15, -0.1) is 0 Å². The Hall–Kier alpha value is -0.0400. The monoisotopic (exact) mass is 352 g/mol. The maximum atomic E-state index is 2.33. The van der Waals surface area contributed by atoms with Gasteiger partial charge >= 0.3 is 0 Å². The van der Waals surface area contributed by atoms with Crippen LogP contribution >= 0.6 is 0 Å². The summed E-state index contributed by atoms with van der Waals surface area (Å²) in [7, 11) is 0. The molecule has 150 valence electrons. The molecule has 0 unspecified atom stereocenters. The van der Waals surface area contributed by atoms with Gasteiger partial charge < -0.3 is 4.48 Å². The Morgan fingerprint density at radius 3 is 1.24 bits per heavy atom. The van der Waals surface area contributed by atoms with Crippen molar-refractivity contribution in [2.45, 2.75) is 129 Å². The second kappa shape index (κ2) is 16.2. The summed E-state index contributed by atoms with van der Waals surface area (Å²) in [5.74, 6) is 0. The molecule has 0 radical (unpaired) electrons. The Labute approximate surface area is 160 Å². The van der Waals surface area contributed by atoms with Gasteiger partial charge in [-0.2, -0.15) is 0 Å². The van der Waals surface area contributed by atoms with E-state index in [1.54, 1.807) is 0 Å². The Balaban J connectivity index is 2.12. The summed E-state index contributed by atoms with van der Waals surface area (Å²) in [6.07, 6.45) is 26.4. The molecule has 0 saturated carbocycles. The summed E-state index contributed by atoms with van der Waals surface area (Å²) in [6.45, 7) is 10.6. The van der Waals surface area contributed by atoms with Crippen LogP contribution in [-0.4, -0.2) is 30.7 Å². The first-order valence-electron chi connectivity index (χ1n) is 12.2. The van der Waals surface area contributed by atoms with E-state index in [-0.39, 0.29) is 0 Å². The largest absolute Gasteiger partial charge is 0.324 e. The van der Waals surface area contributed by atoms with E-state index in [0.29, 0.717) is 0 Å². The van der Waals surface area contributed by atoms with Crippen LogP contribution in [0.4, 0.5) is 0 Å². The molecular formula is C24H50N+. The van der Waals surface area contributed by atoms with Crippen LogP contribution in [0.3, 0.4) is 0 Å². The summed E-state index contributed by atoms with van der Waals surface area (Å²) in [5.41, 5.74) is 0. The van der Waals surface area contributed by atoms with Crippen molar-refractivity contribution in [3.05, 3.63) is 0 Å². The number of hydrogen-bond acceptors (Lipinski definition) is 0. The van der Waals surface area contributed by atoms with Crippen LogP contribution in [0.1, 0.15) is 129 Å². The van der Waals surface area contributed by atoms with E-state index in [2.05, 4.69) is 13.8 Å². The van der Waals surface area contributed by atoms with Gasteiger partial charge in [0.05, 0.1) is 26.2 Å². The van der Waals surface area contributed by atoms with Crippen LogP contribution < -0.4 is 0 Å². The average Bonchev–Trinajstić information content (AvgIpc) is 2.86. The molecule has 1 heterocycles. The molecule has 1 heteroatoms. The van der Waals surface area contributed by atoms with E-state index in [1.165, 1.54) is 146 Å². The third-order valence-corrected chi connectivity index (χ3v) is 6.49. The summed E-state index contributed by atoms with van der Waals surface area (Å²) in [5, 5.41) is 0. The topological polar surface area (TPSA) is 0 Å². The van der Waals surface area contributed by atoms with Crippen LogP contribution in [-0.2, 0) is 0 Å². The highest BCUT2D eigenvalue weighted by molar-refractivity contribution is 4.56. The number of unbranched alkanes of at least 4 members (excludes halogenated alkanes) is 12. The molecule has 1 rings (SSSR count). The molecule has 1 fully saturated rings. The van der Waals surface area contributed by atoms with E-state index < -0.39 is 0 Å². The molecule has 0 aromatic rings. The van der Waals surface area contributed by atoms with Crippen molar-refractivity contribution < 1.29 is 4.48 Å². The van der Waals surface area contributed by atoms with Crippen molar-refractivity contribution in [1.82, 2.24) is 0 Å². The molecule has 0 aromatic carbocycles. The summed E-state index contributed by atoms with van der Waals surface area (Å²) >= 11 is 0. The average molecular weight is 353 g/mol. The van der Waals surface area contributed by atoms with Crippen molar-refractivity contribution >= 4 is 0 Å². The smallest absolute Gasteiger partial charge is 0.0786 e. The highest BCUT2D eigenvalue weighted by Crippen LogP contribution is 2.22. The number of quaternary nitrogens is 1. The predicted octanol–water partition coefficient (Wildman–Crippen LogP) is 7.88. The van der Waals surface area contributed by atoms with Crippen molar-refractivity contribution in [3.63, 3.8) is 0 Å². The molecule has 0 amide bonds. The number of nitrogens with zero attached hydrogens (tertiary/aromatic N) is 1. The van der Waals surface area contributed by atoms with Crippen LogP contribution in [0.25, 0.3) is 0 Å². The standard InChI is InChI=1S/C24H50N/c1-3-5-7-9-10-11-12-13-14-18-22-25(21-17-8-6-4-2)23-19-15-16-20-24-25/h3-24H2,1-2H3/q+1. The third-order valence-electron chi connectivity index (χ3n) is 6.49. The van der Waals surface area contributed by atoms with Crippen molar-refractivity contribution in [3.8, 4) is 0 Å². The maximum absolute atomic E-state index is 2.33. The fraction of sp³-hybridized carbons (Fsp3) is 1.00. The molecule has 25 heavy (non-hydrogen) atoms. The van der Waals surface area contributed by atoms with Crippen LogP contribution in [0.15, 0.2) is 0 Å². The lowest BCUT2D eigenvalue weighted by molar-refractivity contribution is -0.928. The van der Waals surface area contributed by atoms with E-state index in [1.807, 2.05) is 0 Å². The fourth-order valence-corrected chi connectivity index (χ4v) is 4.73. The third kappa shape index (κ3) is 12.1. The lowest BCUT2D eigenvalue weighted by Crippen LogP contribution is -2.50. The summed E-state index contributed by atoms with van der Waals surface area (Å²) in [4.78, 5) is 0. The van der Waals surface area contributed by atoms with Crippen molar-refractivity contribution in [2.24, 2.45) is 0 Å². The lowest BCUT2D eigenvalue weighted by atomic mass is 10.1. The molecular weight excluding hydrogens is 302 g/mol. The van der Waals surface area contributed by atoms with Crippen LogP contribution in [0.2, 0.25) is 0 Å². The van der Waals surface area contributed by atoms with Gasteiger partial charge in [-0.1, -0.05) is 78.1 Å². The highest BCUT2D eigenvalue weighted by atomic mass is 15.3. The molecule has 1 nitrogen and oxygen atoms in total. The Bertz CT molecular complexity index is 265. The molecule has 1 aliphatic heterocycles. The number of likely N-dealkylation sites (tertiary alicyclic amines) is 1. The van der Waals surface area contributed by atoms with E-state index >= 15 is 0 Å². The minimum Gasteiger partial charge on any atom is -0.324 e. The van der Waals surface area contributed by atoms with E-state index in [0.717, 1.165) is 0 Å². The normalized spacial score (nSPS) is 17.5. The predicted molar refractivity (Wildman–Crippen MR) is 114 cm³/mol. The first-order chi connectivity index (χ1) is 12.3. The lowest BCUT2D eigenvalue weighted by Gasteiger charge is -2.38. The van der Waals surface area contributed by atoms with Gasteiger partial charge in [0.1, 0.15) is 0 Å². The Morgan fingerprint density at radius 1 is 0.440 bits per heavy atom. The fourth-order valence-electron chi connectivity index (χ4n) is 4.73. The molecule has 1 aliphatic rings. The van der Waals surface area contributed by atoms with Crippen molar-refractivity contribution in [1.29, 1.82) is 0 Å². The van der Waals surface area contributed by atoms with Gasteiger partial charge in [-0.05, 0) is 51.4 Å². The molecule has 0 aromatic heterocycles. The summed E-state index contributed by atoms with van der Waals surface area (Å²) < 4.78 is 1.49. The Kier molecular flexibility index (Phi) is 14.9. The molecule has 0 N–H and O–H groups in total. The highest BCUT2D eigenvalue weighted by Gasteiger charge is 2.27. The zero-order chi connectivity index (χ0) is 18.1. The molecule has 0 aliphatic carbocycles. The number of rotatable bonds is 16. The second-order valence-electron chi connectivity index (χ2n) is 8.89. The summed E-state index contributed by atoms with van der Waals surface area (Å²) in [6, 6.07) is 0. The molecule has 0 spiro atoms. The number of hydrogen-bond donors (Lipinski definition) is 0. The quantitative estimate of drug-likeness (QED) is 0.196. The Morgan fingerprint density at radius 2 is 0.800 bits per heavy atom. The molecule has 0 bridgehead atoms. The van der Waals surface area contributed by atoms with Gasteiger partial charge in [0.25, 0.3) is 0 Å². The van der Waals surface area contributed by atoms with E-state index in [9.17, 15) is 0 Å². The zero-order valence-electron chi connectivity index (χ0n) is 18.0. The van der Waals surface area contributed by atoms with Crippen molar-refractivity contribution in [2.75, 3.05) is 26.2 Å². The minimum atomic E-state index is 1.37. The van der Waals surface area contributed by atoms with Gasteiger partial charge in [-0.3, -0.25) is 0 Å². The minimum absolute atomic E-state index is 1.37. The first-order valence-corrected chi connectivity index (χ1v) is 12.2. The zero-order valence-corrected chi connectivity index (χ0v) is 18.0.